The van der Waals surface area contributed by atoms with E-state index in [2.05, 4.69) is 20.3 Å². The first-order chi connectivity index (χ1) is 10.7. The maximum absolute atomic E-state index is 12.0. The number of rotatable bonds is 10. The van der Waals surface area contributed by atoms with Gasteiger partial charge in [0.2, 0.25) is 0 Å². The van der Waals surface area contributed by atoms with E-state index in [1.807, 2.05) is 0 Å². The molecule has 1 aliphatic heterocycles. The van der Waals surface area contributed by atoms with E-state index >= 15 is 0 Å². The predicted molar refractivity (Wildman–Crippen MR) is 76.2 cm³/mol. The Kier molecular flexibility index (Phi) is 8.64. The molecule has 0 aromatic rings. The fourth-order valence-electron chi connectivity index (χ4n) is 1.38. The minimum atomic E-state index is -1.03. The fourth-order valence-corrected chi connectivity index (χ4v) is 1.38. The van der Waals surface area contributed by atoms with Gasteiger partial charge in [0, 0.05) is 11.5 Å². The van der Waals surface area contributed by atoms with Gasteiger partial charge in [-0.05, 0) is 18.5 Å². The first kappa shape index (κ1) is 17.9. The normalized spacial score (nSPS) is 17.5. The molecule has 0 aromatic carbocycles. The molecule has 0 radical (unpaired) electrons. The second kappa shape index (κ2) is 10.6. The van der Waals surface area contributed by atoms with Gasteiger partial charge < -0.3 is 20.9 Å². The van der Waals surface area contributed by atoms with Crippen LogP contribution in [0.2, 0.25) is 0 Å². The topological polar surface area (TPSA) is 173 Å². The molecule has 0 aromatic heterocycles. The number of nitrogens with zero attached hydrogens (tertiary/aromatic N) is 5. The van der Waals surface area contributed by atoms with Crippen LogP contribution in [0.5, 0.6) is 0 Å². The molecule has 1 rings (SSSR count). The molecule has 1 unspecified atom stereocenters. The van der Waals surface area contributed by atoms with Crippen LogP contribution in [0.4, 0.5) is 4.79 Å². The molecule has 124 valence electrons. The van der Waals surface area contributed by atoms with Gasteiger partial charge in [-0.15, -0.1) is 0 Å². The Hall–Kier alpha value is -2.11. The number of urea groups is 1. The SMILES string of the molecule is [N-]=[N+]=NCCON1C(=O)NC(OCCCN)=NC1OCCN. The molecule has 1 atom stereocenters. The Morgan fingerprint density at radius 1 is 1.36 bits per heavy atom. The second-order valence-corrected chi connectivity index (χ2v) is 3.95. The summed E-state index contributed by atoms with van der Waals surface area (Å²) in [6, 6.07) is -0.587. The van der Waals surface area contributed by atoms with Gasteiger partial charge in [-0.2, -0.15) is 10.1 Å². The molecular weight excluding hydrogens is 296 g/mol. The standard InChI is InChI=1S/C10H20N8O4/c11-2-1-5-20-8-15-9(19)18(22-7-4-14-17-13)10(16-8)21-6-3-12/h10H,1-7,11-12H2,(H,15,16,19). The Labute approximate surface area is 126 Å². The van der Waals surface area contributed by atoms with Gasteiger partial charge in [-0.1, -0.05) is 5.11 Å². The number of azide groups is 1. The zero-order valence-electron chi connectivity index (χ0n) is 12.1. The molecule has 12 nitrogen and oxygen atoms in total. The number of hydrogen-bond acceptors (Lipinski definition) is 8. The molecule has 22 heavy (non-hydrogen) atoms. The van der Waals surface area contributed by atoms with Crippen LogP contribution in [-0.4, -0.2) is 62.9 Å². The summed E-state index contributed by atoms with van der Waals surface area (Å²) >= 11 is 0. The molecule has 5 N–H and O–H groups in total. The highest BCUT2D eigenvalue weighted by molar-refractivity contribution is 5.94. The quantitative estimate of drug-likeness (QED) is 0.206. The lowest BCUT2D eigenvalue weighted by molar-refractivity contribution is -0.213. The third-order valence-electron chi connectivity index (χ3n) is 2.30. The summed E-state index contributed by atoms with van der Waals surface area (Å²) in [7, 11) is 0. The van der Waals surface area contributed by atoms with Gasteiger partial charge >= 0.3 is 6.03 Å². The maximum atomic E-state index is 12.0. The van der Waals surface area contributed by atoms with E-state index in [4.69, 9.17) is 31.3 Å². The summed E-state index contributed by atoms with van der Waals surface area (Å²) in [5, 5.41) is 6.59. The van der Waals surface area contributed by atoms with Crippen LogP contribution in [0.1, 0.15) is 6.42 Å². The minimum absolute atomic E-state index is 0.00114. The lowest BCUT2D eigenvalue weighted by atomic mass is 10.5. The van der Waals surface area contributed by atoms with E-state index in [1.54, 1.807) is 0 Å². The Morgan fingerprint density at radius 2 is 2.18 bits per heavy atom. The lowest BCUT2D eigenvalue weighted by Crippen LogP contribution is -2.54. The summed E-state index contributed by atoms with van der Waals surface area (Å²) in [5.41, 5.74) is 18.9. The summed E-state index contributed by atoms with van der Waals surface area (Å²) in [6.45, 7) is 1.27. The Bertz CT molecular complexity index is 425. The predicted octanol–water partition coefficient (Wildman–Crippen LogP) is -0.766. The number of hydroxylamine groups is 2. The van der Waals surface area contributed by atoms with Crippen molar-refractivity contribution in [3.8, 4) is 0 Å². The van der Waals surface area contributed by atoms with E-state index in [0.29, 0.717) is 19.6 Å². The van der Waals surface area contributed by atoms with Gasteiger partial charge in [-0.3, -0.25) is 10.2 Å². The first-order valence-electron chi connectivity index (χ1n) is 6.69. The summed E-state index contributed by atoms with van der Waals surface area (Å²) in [6.07, 6.45) is -0.411. The van der Waals surface area contributed by atoms with E-state index in [1.165, 1.54) is 0 Å². The number of nitrogens with two attached hydrogens (primary N) is 2. The second-order valence-electron chi connectivity index (χ2n) is 3.95. The van der Waals surface area contributed by atoms with E-state index < -0.39 is 12.4 Å². The molecule has 0 spiro atoms. The largest absolute Gasteiger partial charge is 0.465 e. The average molecular weight is 316 g/mol. The number of amidine groups is 1. The van der Waals surface area contributed by atoms with Crippen LogP contribution >= 0.6 is 0 Å². The molecule has 12 heteroatoms. The summed E-state index contributed by atoms with van der Waals surface area (Å²) in [4.78, 5) is 23.8. The van der Waals surface area contributed by atoms with E-state index in [9.17, 15) is 4.79 Å². The van der Waals surface area contributed by atoms with Crippen molar-refractivity contribution in [2.45, 2.75) is 12.8 Å². The van der Waals surface area contributed by atoms with Crippen LogP contribution in [-0.2, 0) is 14.3 Å². The van der Waals surface area contributed by atoms with Gasteiger partial charge in [0.05, 0.1) is 26.4 Å². The molecule has 1 aliphatic rings. The third kappa shape index (κ3) is 6.11. The number of aliphatic imine (C=N–C) groups is 1. The van der Waals surface area contributed by atoms with Crippen LogP contribution in [0.15, 0.2) is 10.1 Å². The molecule has 2 amide bonds. The fraction of sp³-hybridized carbons (Fsp3) is 0.800. The maximum Gasteiger partial charge on any atom is 0.353 e. The Balaban J connectivity index is 2.64. The first-order valence-corrected chi connectivity index (χ1v) is 6.69. The zero-order chi connectivity index (χ0) is 16.2. The molecule has 0 aliphatic carbocycles. The highest BCUT2D eigenvalue weighted by Crippen LogP contribution is 2.10. The number of ether oxygens (including phenoxy) is 2. The van der Waals surface area contributed by atoms with E-state index in [-0.39, 0.29) is 32.3 Å². The highest BCUT2D eigenvalue weighted by Gasteiger charge is 2.32. The number of amides is 2. The highest BCUT2D eigenvalue weighted by atomic mass is 16.7. The molecular formula is C10H20N8O4. The lowest BCUT2D eigenvalue weighted by Gasteiger charge is -2.31. The molecule has 0 fully saturated rings. The number of nitrogens with one attached hydrogen (secondary N) is 1. The molecule has 0 saturated carbocycles. The van der Waals surface area contributed by atoms with Crippen molar-refractivity contribution in [1.82, 2.24) is 10.4 Å². The van der Waals surface area contributed by atoms with Crippen molar-refractivity contribution in [3.63, 3.8) is 0 Å². The average Bonchev–Trinajstić information content (AvgIpc) is 2.51. The molecule has 0 bridgehead atoms. The minimum Gasteiger partial charge on any atom is -0.465 e. The van der Waals surface area contributed by atoms with Crippen LogP contribution in [0, 0.1) is 0 Å². The summed E-state index contributed by atoms with van der Waals surface area (Å²) < 4.78 is 10.6. The van der Waals surface area contributed by atoms with Crippen molar-refractivity contribution in [3.05, 3.63) is 10.4 Å². The van der Waals surface area contributed by atoms with Crippen LogP contribution < -0.4 is 16.8 Å². The van der Waals surface area contributed by atoms with Gasteiger partial charge in [0.25, 0.3) is 12.4 Å². The van der Waals surface area contributed by atoms with Crippen molar-refractivity contribution in [2.24, 2.45) is 21.6 Å². The summed E-state index contributed by atoms with van der Waals surface area (Å²) in [5.74, 6) is 0. The number of carbonyl (C=O) groups is 1. The number of hydrogen-bond donors (Lipinski definition) is 3. The van der Waals surface area contributed by atoms with Crippen molar-refractivity contribution in [2.75, 3.05) is 39.5 Å². The Morgan fingerprint density at radius 3 is 2.86 bits per heavy atom. The van der Waals surface area contributed by atoms with Crippen molar-refractivity contribution < 1.29 is 19.1 Å². The van der Waals surface area contributed by atoms with Crippen molar-refractivity contribution >= 4 is 12.1 Å². The van der Waals surface area contributed by atoms with Crippen LogP contribution in [0.3, 0.4) is 0 Å². The number of carbonyl (C=O) groups excluding carboxylic acids is 1. The monoisotopic (exact) mass is 316 g/mol. The molecule has 1 heterocycles. The smallest absolute Gasteiger partial charge is 0.353 e. The third-order valence-corrected chi connectivity index (χ3v) is 2.30. The van der Waals surface area contributed by atoms with Crippen LogP contribution in [0.25, 0.3) is 10.4 Å². The molecule has 0 saturated heterocycles. The zero-order valence-corrected chi connectivity index (χ0v) is 12.1. The van der Waals surface area contributed by atoms with Gasteiger partial charge in [0.1, 0.15) is 0 Å². The van der Waals surface area contributed by atoms with Gasteiger partial charge in [0.15, 0.2) is 0 Å². The van der Waals surface area contributed by atoms with Gasteiger partial charge in [-0.25, -0.2) is 4.79 Å². The van der Waals surface area contributed by atoms with Crippen molar-refractivity contribution in [1.29, 1.82) is 0 Å². The van der Waals surface area contributed by atoms with E-state index in [0.717, 1.165) is 5.06 Å².